The molecule has 0 N–H and O–H groups in total. The zero-order valence-electron chi connectivity index (χ0n) is 14.1. The molecule has 0 aliphatic carbocycles. The molecule has 1 unspecified atom stereocenters. The monoisotopic (exact) mass is 284 g/mol. The largest absolute Gasteiger partial charge is 0.462 e. The van der Waals surface area contributed by atoms with Gasteiger partial charge in [0.1, 0.15) is 6.10 Å². The van der Waals surface area contributed by atoms with E-state index < -0.39 is 0 Å². The van der Waals surface area contributed by atoms with Crippen molar-refractivity contribution in [1.82, 2.24) is 0 Å². The Balaban J connectivity index is 3.79. The van der Waals surface area contributed by atoms with Gasteiger partial charge in [-0.05, 0) is 25.7 Å². The van der Waals surface area contributed by atoms with Gasteiger partial charge in [-0.3, -0.25) is 4.79 Å². The van der Waals surface area contributed by atoms with Gasteiger partial charge in [-0.1, -0.05) is 72.1 Å². The SMILES string of the molecule is CCCCCCCC(=O)OC(CCCC)CCCCC. The van der Waals surface area contributed by atoms with Crippen LogP contribution in [0.4, 0.5) is 0 Å². The fraction of sp³-hybridized carbons (Fsp3) is 0.944. The number of unbranched alkanes of at least 4 members (excludes halogenated alkanes) is 7. The lowest BCUT2D eigenvalue weighted by atomic mass is 10.1. The van der Waals surface area contributed by atoms with Crippen LogP contribution >= 0.6 is 0 Å². The lowest BCUT2D eigenvalue weighted by molar-refractivity contribution is -0.150. The van der Waals surface area contributed by atoms with E-state index in [1.54, 1.807) is 0 Å². The quantitative estimate of drug-likeness (QED) is 0.287. The lowest BCUT2D eigenvalue weighted by Crippen LogP contribution is -2.18. The summed E-state index contributed by atoms with van der Waals surface area (Å²) < 4.78 is 5.67. The van der Waals surface area contributed by atoms with Crippen molar-refractivity contribution in [3.05, 3.63) is 0 Å². The Kier molecular flexibility index (Phi) is 14.5. The first kappa shape index (κ1) is 19.5. The van der Waals surface area contributed by atoms with Crippen molar-refractivity contribution in [2.75, 3.05) is 0 Å². The molecule has 0 aromatic heterocycles. The topological polar surface area (TPSA) is 26.3 Å². The summed E-state index contributed by atoms with van der Waals surface area (Å²) in [4.78, 5) is 11.9. The van der Waals surface area contributed by atoms with E-state index >= 15 is 0 Å². The normalized spacial score (nSPS) is 12.3. The molecule has 20 heavy (non-hydrogen) atoms. The summed E-state index contributed by atoms with van der Waals surface area (Å²) >= 11 is 0. The minimum Gasteiger partial charge on any atom is -0.462 e. The Hall–Kier alpha value is -0.530. The molecule has 2 heteroatoms. The second-order valence-corrected chi connectivity index (χ2v) is 5.91. The van der Waals surface area contributed by atoms with Crippen LogP contribution in [0.3, 0.4) is 0 Å². The fourth-order valence-corrected chi connectivity index (χ4v) is 2.43. The number of rotatable bonds is 14. The first-order valence-electron chi connectivity index (χ1n) is 8.94. The molecule has 1 atom stereocenters. The molecule has 0 fully saturated rings. The molecule has 0 heterocycles. The first-order valence-corrected chi connectivity index (χ1v) is 8.94. The van der Waals surface area contributed by atoms with Crippen LogP contribution in [0.2, 0.25) is 0 Å². The average molecular weight is 284 g/mol. The second kappa shape index (κ2) is 14.9. The molecule has 0 rings (SSSR count). The van der Waals surface area contributed by atoms with Crippen molar-refractivity contribution < 1.29 is 9.53 Å². The predicted octanol–water partition coefficient (Wildman–Crippen LogP) is 6.03. The summed E-state index contributed by atoms with van der Waals surface area (Å²) in [6, 6.07) is 0. The summed E-state index contributed by atoms with van der Waals surface area (Å²) in [6.07, 6.45) is 14.8. The maximum atomic E-state index is 11.9. The summed E-state index contributed by atoms with van der Waals surface area (Å²) in [5.41, 5.74) is 0. The molecule has 0 aliphatic heterocycles. The smallest absolute Gasteiger partial charge is 0.306 e. The highest BCUT2D eigenvalue weighted by atomic mass is 16.5. The van der Waals surface area contributed by atoms with Gasteiger partial charge < -0.3 is 4.74 Å². The number of ether oxygens (including phenoxy) is 1. The van der Waals surface area contributed by atoms with Crippen LogP contribution in [0, 0.1) is 0 Å². The number of hydrogen-bond donors (Lipinski definition) is 0. The first-order chi connectivity index (χ1) is 9.74. The van der Waals surface area contributed by atoms with E-state index in [0.717, 1.165) is 19.3 Å². The van der Waals surface area contributed by atoms with Crippen LogP contribution in [0.15, 0.2) is 0 Å². The van der Waals surface area contributed by atoms with Crippen molar-refractivity contribution >= 4 is 5.97 Å². The van der Waals surface area contributed by atoms with E-state index in [1.165, 1.54) is 57.8 Å². The highest BCUT2D eigenvalue weighted by Gasteiger charge is 2.13. The highest BCUT2D eigenvalue weighted by Crippen LogP contribution is 2.15. The van der Waals surface area contributed by atoms with Crippen molar-refractivity contribution in [3.8, 4) is 0 Å². The number of carbonyl (C=O) groups is 1. The van der Waals surface area contributed by atoms with Gasteiger partial charge in [-0.15, -0.1) is 0 Å². The fourth-order valence-electron chi connectivity index (χ4n) is 2.43. The van der Waals surface area contributed by atoms with Gasteiger partial charge in [-0.2, -0.15) is 0 Å². The number of carbonyl (C=O) groups excluding carboxylic acids is 1. The number of hydrogen-bond acceptors (Lipinski definition) is 2. The Morgan fingerprint density at radius 3 is 1.95 bits per heavy atom. The van der Waals surface area contributed by atoms with Crippen molar-refractivity contribution in [2.45, 2.75) is 110 Å². The molecular formula is C18H36O2. The summed E-state index contributed by atoms with van der Waals surface area (Å²) in [6.45, 7) is 6.62. The van der Waals surface area contributed by atoms with Crippen LogP contribution in [0.5, 0.6) is 0 Å². The van der Waals surface area contributed by atoms with E-state index in [9.17, 15) is 4.79 Å². The van der Waals surface area contributed by atoms with Crippen LogP contribution in [0.1, 0.15) is 104 Å². The highest BCUT2D eigenvalue weighted by molar-refractivity contribution is 5.69. The van der Waals surface area contributed by atoms with Gasteiger partial charge in [0.15, 0.2) is 0 Å². The van der Waals surface area contributed by atoms with Crippen molar-refractivity contribution in [2.24, 2.45) is 0 Å². The molecule has 0 aliphatic rings. The third-order valence-corrected chi connectivity index (χ3v) is 3.79. The van der Waals surface area contributed by atoms with Crippen LogP contribution in [-0.4, -0.2) is 12.1 Å². The third-order valence-electron chi connectivity index (χ3n) is 3.79. The maximum absolute atomic E-state index is 11.9. The summed E-state index contributed by atoms with van der Waals surface area (Å²) in [7, 11) is 0. The Morgan fingerprint density at radius 1 is 0.750 bits per heavy atom. The van der Waals surface area contributed by atoms with E-state index in [-0.39, 0.29) is 12.1 Å². The lowest BCUT2D eigenvalue weighted by Gasteiger charge is -2.17. The Morgan fingerprint density at radius 2 is 1.30 bits per heavy atom. The minimum atomic E-state index is 0.0269. The van der Waals surface area contributed by atoms with E-state index in [1.807, 2.05) is 0 Å². The molecule has 0 aromatic carbocycles. The molecule has 0 radical (unpaired) electrons. The Bertz CT molecular complexity index is 213. The Labute approximate surface area is 126 Å². The molecular weight excluding hydrogens is 248 g/mol. The van der Waals surface area contributed by atoms with Gasteiger partial charge in [0.2, 0.25) is 0 Å². The van der Waals surface area contributed by atoms with Crippen LogP contribution < -0.4 is 0 Å². The second-order valence-electron chi connectivity index (χ2n) is 5.91. The number of esters is 1. The molecule has 0 saturated carbocycles. The van der Waals surface area contributed by atoms with Gasteiger partial charge >= 0.3 is 5.97 Å². The molecule has 0 amide bonds. The molecule has 0 spiro atoms. The molecule has 2 nitrogen and oxygen atoms in total. The zero-order valence-corrected chi connectivity index (χ0v) is 14.1. The van der Waals surface area contributed by atoms with Gasteiger partial charge in [0, 0.05) is 6.42 Å². The third kappa shape index (κ3) is 12.5. The van der Waals surface area contributed by atoms with Crippen LogP contribution in [-0.2, 0) is 9.53 Å². The zero-order chi connectivity index (χ0) is 15.1. The minimum absolute atomic E-state index is 0.0269. The van der Waals surface area contributed by atoms with Gasteiger partial charge in [0.25, 0.3) is 0 Å². The maximum Gasteiger partial charge on any atom is 0.306 e. The summed E-state index contributed by atoms with van der Waals surface area (Å²) in [5, 5.41) is 0. The molecule has 120 valence electrons. The van der Waals surface area contributed by atoms with E-state index in [0.29, 0.717) is 6.42 Å². The molecule has 0 aromatic rings. The average Bonchev–Trinajstić information content (AvgIpc) is 2.44. The van der Waals surface area contributed by atoms with Crippen molar-refractivity contribution in [1.29, 1.82) is 0 Å². The van der Waals surface area contributed by atoms with Gasteiger partial charge in [0.05, 0.1) is 0 Å². The predicted molar refractivity (Wildman–Crippen MR) is 86.9 cm³/mol. The van der Waals surface area contributed by atoms with E-state index in [2.05, 4.69) is 20.8 Å². The molecule has 0 bridgehead atoms. The van der Waals surface area contributed by atoms with Crippen molar-refractivity contribution in [3.63, 3.8) is 0 Å². The standard InChI is InChI=1S/C18H36O2/c1-4-7-10-11-13-16-18(19)20-17(14-9-6-3)15-12-8-5-2/h17H,4-16H2,1-3H3. The van der Waals surface area contributed by atoms with E-state index in [4.69, 9.17) is 4.74 Å². The summed E-state index contributed by atoms with van der Waals surface area (Å²) in [5.74, 6) is 0.0269. The van der Waals surface area contributed by atoms with Gasteiger partial charge in [-0.25, -0.2) is 0 Å². The van der Waals surface area contributed by atoms with Crippen LogP contribution in [0.25, 0.3) is 0 Å². The molecule has 0 saturated heterocycles.